The SMILES string of the molecule is CN(C)CCNC1=CC(C)(C)C(=O)c2cccnc21. The first-order chi connectivity index (χ1) is 8.92. The van der Waals surface area contributed by atoms with Crippen molar-refractivity contribution in [3.63, 3.8) is 0 Å². The van der Waals surface area contributed by atoms with Crippen LogP contribution in [-0.4, -0.2) is 42.9 Å². The van der Waals surface area contributed by atoms with E-state index in [1.54, 1.807) is 6.20 Å². The maximum atomic E-state index is 12.3. The molecule has 0 fully saturated rings. The normalized spacial score (nSPS) is 17.1. The van der Waals surface area contributed by atoms with E-state index in [0.717, 1.165) is 24.5 Å². The molecular weight excluding hydrogens is 238 g/mol. The van der Waals surface area contributed by atoms with Gasteiger partial charge in [-0.25, -0.2) is 0 Å². The van der Waals surface area contributed by atoms with Crippen molar-refractivity contribution in [3.8, 4) is 0 Å². The Balaban J connectivity index is 2.28. The van der Waals surface area contributed by atoms with E-state index < -0.39 is 5.41 Å². The van der Waals surface area contributed by atoms with Crippen LogP contribution >= 0.6 is 0 Å². The number of pyridine rings is 1. The number of hydrogen-bond donors (Lipinski definition) is 1. The van der Waals surface area contributed by atoms with Crippen molar-refractivity contribution >= 4 is 11.5 Å². The van der Waals surface area contributed by atoms with Gasteiger partial charge in [0.25, 0.3) is 0 Å². The molecule has 0 saturated heterocycles. The molecule has 0 aliphatic heterocycles. The second-order valence-electron chi connectivity index (χ2n) is 5.74. The highest BCUT2D eigenvalue weighted by Gasteiger charge is 2.34. The molecule has 0 amide bonds. The van der Waals surface area contributed by atoms with Gasteiger partial charge in [0.1, 0.15) is 0 Å². The van der Waals surface area contributed by atoms with E-state index in [2.05, 4.69) is 15.2 Å². The summed E-state index contributed by atoms with van der Waals surface area (Å²) in [4.78, 5) is 18.8. The Morgan fingerprint density at radius 1 is 1.37 bits per heavy atom. The molecule has 2 rings (SSSR count). The average Bonchev–Trinajstić information content (AvgIpc) is 2.35. The molecular formula is C15H21N3O. The molecule has 0 unspecified atom stereocenters. The highest BCUT2D eigenvalue weighted by molar-refractivity contribution is 6.07. The number of hydrogen-bond acceptors (Lipinski definition) is 4. The van der Waals surface area contributed by atoms with E-state index in [1.807, 2.05) is 46.2 Å². The van der Waals surface area contributed by atoms with Crippen LogP contribution in [0.25, 0.3) is 5.70 Å². The Labute approximate surface area is 114 Å². The van der Waals surface area contributed by atoms with Crippen molar-refractivity contribution in [1.82, 2.24) is 15.2 Å². The fourth-order valence-electron chi connectivity index (χ4n) is 2.19. The van der Waals surface area contributed by atoms with Gasteiger partial charge < -0.3 is 10.2 Å². The molecule has 4 nitrogen and oxygen atoms in total. The number of allylic oxidation sites excluding steroid dienone is 1. The fraction of sp³-hybridized carbons (Fsp3) is 0.467. The minimum Gasteiger partial charge on any atom is -0.382 e. The van der Waals surface area contributed by atoms with Crippen LogP contribution in [0.4, 0.5) is 0 Å². The van der Waals surface area contributed by atoms with Crippen LogP contribution in [0.2, 0.25) is 0 Å². The molecule has 0 atom stereocenters. The van der Waals surface area contributed by atoms with Crippen molar-refractivity contribution in [1.29, 1.82) is 0 Å². The minimum absolute atomic E-state index is 0.133. The van der Waals surface area contributed by atoms with Gasteiger partial charge in [-0.3, -0.25) is 9.78 Å². The number of aromatic nitrogens is 1. The summed E-state index contributed by atoms with van der Waals surface area (Å²) in [6, 6.07) is 3.67. The molecule has 0 aromatic carbocycles. The predicted octanol–water partition coefficient (Wildman–Crippen LogP) is 1.80. The van der Waals surface area contributed by atoms with E-state index >= 15 is 0 Å². The van der Waals surface area contributed by atoms with E-state index in [1.165, 1.54) is 0 Å². The number of rotatable bonds is 4. The number of likely N-dealkylation sites (N-methyl/N-ethyl adjacent to an activating group) is 1. The third-order valence-corrected chi connectivity index (χ3v) is 3.27. The number of carbonyl (C=O) groups excluding carboxylic acids is 1. The van der Waals surface area contributed by atoms with Crippen LogP contribution < -0.4 is 5.32 Å². The zero-order chi connectivity index (χ0) is 14.0. The summed E-state index contributed by atoms with van der Waals surface area (Å²) in [6.07, 6.45) is 3.71. The first kappa shape index (κ1) is 13.7. The lowest BCUT2D eigenvalue weighted by molar-refractivity contribution is 0.0881. The molecule has 1 aromatic heterocycles. The van der Waals surface area contributed by atoms with Crippen LogP contribution in [0.3, 0.4) is 0 Å². The van der Waals surface area contributed by atoms with Crippen molar-refractivity contribution < 1.29 is 4.79 Å². The van der Waals surface area contributed by atoms with Gasteiger partial charge in [0.2, 0.25) is 0 Å². The van der Waals surface area contributed by atoms with Gasteiger partial charge in [0, 0.05) is 30.3 Å². The van der Waals surface area contributed by atoms with Crippen LogP contribution in [0.5, 0.6) is 0 Å². The smallest absolute Gasteiger partial charge is 0.174 e. The number of nitrogens with one attached hydrogen (secondary N) is 1. The largest absolute Gasteiger partial charge is 0.382 e. The lowest BCUT2D eigenvalue weighted by atomic mass is 9.78. The molecule has 1 aliphatic carbocycles. The van der Waals surface area contributed by atoms with Gasteiger partial charge in [0.05, 0.1) is 11.4 Å². The second kappa shape index (κ2) is 5.13. The Hall–Kier alpha value is -1.68. The molecule has 19 heavy (non-hydrogen) atoms. The molecule has 1 aliphatic rings. The van der Waals surface area contributed by atoms with Crippen molar-refractivity contribution in [2.75, 3.05) is 27.2 Å². The highest BCUT2D eigenvalue weighted by atomic mass is 16.1. The van der Waals surface area contributed by atoms with Gasteiger partial charge in [-0.2, -0.15) is 0 Å². The summed E-state index contributed by atoms with van der Waals surface area (Å²) in [5.41, 5.74) is 1.96. The quantitative estimate of drug-likeness (QED) is 0.895. The second-order valence-corrected chi connectivity index (χ2v) is 5.74. The summed E-state index contributed by atoms with van der Waals surface area (Å²) < 4.78 is 0. The highest BCUT2D eigenvalue weighted by Crippen LogP contribution is 2.33. The van der Waals surface area contributed by atoms with Gasteiger partial charge in [-0.1, -0.05) is 0 Å². The first-order valence-corrected chi connectivity index (χ1v) is 6.53. The first-order valence-electron chi connectivity index (χ1n) is 6.53. The summed E-state index contributed by atoms with van der Waals surface area (Å²) in [7, 11) is 4.08. The van der Waals surface area contributed by atoms with Gasteiger partial charge >= 0.3 is 0 Å². The van der Waals surface area contributed by atoms with Crippen LogP contribution in [0, 0.1) is 5.41 Å². The lowest BCUT2D eigenvalue weighted by Gasteiger charge is -2.28. The van der Waals surface area contributed by atoms with Crippen LogP contribution in [-0.2, 0) is 0 Å². The van der Waals surface area contributed by atoms with E-state index in [4.69, 9.17) is 0 Å². The monoisotopic (exact) mass is 259 g/mol. The fourth-order valence-corrected chi connectivity index (χ4v) is 2.19. The molecule has 1 heterocycles. The number of fused-ring (bicyclic) bond motifs is 1. The predicted molar refractivity (Wildman–Crippen MR) is 76.9 cm³/mol. The molecule has 1 aromatic rings. The van der Waals surface area contributed by atoms with Crippen LogP contribution in [0.15, 0.2) is 24.4 Å². The third-order valence-electron chi connectivity index (χ3n) is 3.27. The van der Waals surface area contributed by atoms with Crippen molar-refractivity contribution in [2.24, 2.45) is 5.41 Å². The average molecular weight is 259 g/mol. The molecule has 0 radical (unpaired) electrons. The van der Waals surface area contributed by atoms with E-state index in [0.29, 0.717) is 5.56 Å². The van der Waals surface area contributed by atoms with Crippen molar-refractivity contribution in [3.05, 3.63) is 35.7 Å². The number of ketones is 1. The Kier molecular flexibility index (Phi) is 3.71. The molecule has 0 bridgehead atoms. The Morgan fingerprint density at radius 2 is 2.11 bits per heavy atom. The maximum Gasteiger partial charge on any atom is 0.174 e. The summed E-state index contributed by atoms with van der Waals surface area (Å²) in [6.45, 7) is 5.66. The molecule has 0 spiro atoms. The number of Topliss-reactive ketones (excluding diaryl/α,β-unsaturated/α-hetero) is 1. The van der Waals surface area contributed by atoms with Gasteiger partial charge in [-0.05, 0) is 46.2 Å². The molecule has 1 N–H and O–H groups in total. The lowest BCUT2D eigenvalue weighted by Crippen LogP contribution is -2.33. The zero-order valence-corrected chi connectivity index (χ0v) is 12.0. The molecule has 4 heteroatoms. The third kappa shape index (κ3) is 2.84. The number of carbonyl (C=O) groups is 1. The molecule has 102 valence electrons. The minimum atomic E-state index is -0.476. The molecule has 0 saturated carbocycles. The summed E-state index contributed by atoms with van der Waals surface area (Å²) in [5, 5.41) is 3.39. The van der Waals surface area contributed by atoms with Crippen molar-refractivity contribution in [2.45, 2.75) is 13.8 Å². The summed E-state index contributed by atoms with van der Waals surface area (Å²) in [5.74, 6) is 0.133. The van der Waals surface area contributed by atoms with Gasteiger partial charge in [-0.15, -0.1) is 0 Å². The van der Waals surface area contributed by atoms with Gasteiger partial charge in [0.15, 0.2) is 5.78 Å². The summed E-state index contributed by atoms with van der Waals surface area (Å²) >= 11 is 0. The maximum absolute atomic E-state index is 12.3. The Bertz CT molecular complexity index is 518. The number of nitrogens with zero attached hydrogens (tertiary/aromatic N) is 2. The topological polar surface area (TPSA) is 45.2 Å². The standard InChI is InChI=1S/C15H21N3O/c1-15(2)10-12(16-8-9-18(3)4)13-11(14(15)19)6-5-7-17-13/h5-7,10,16H,8-9H2,1-4H3. The van der Waals surface area contributed by atoms with Crippen LogP contribution in [0.1, 0.15) is 29.9 Å². The zero-order valence-electron chi connectivity index (χ0n) is 12.0. The Morgan fingerprint density at radius 3 is 2.79 bits per heavy atom. The van der Waals surface area contributed by atoms with E-state index in [-0.39, 0.29) is 5.78 Å². The van der Waals surface area contributed by atoms with E-state index in [9.17, 15) is 4.79 Å².